The number of anilines is 1. The molecule has 3 rings (SSSR count). The Morgan fingerprint density at radius 1 is 1.27 bits per heavy atom. The third kappa shape index (κ3) is 4.72. The van der Waals surface area contributed by atoms with Gasteiger partial charge in [-0.15, -0.1) is 0 Å². The van der Waals surface area contributed by atoms with Gasteiger partial charge >= 0.3 is 0 Å². The van der Waals surface area contributed by atoms with E-state index in [9.17, 15) is 4.79 Å². The lowest BCUT2D eigenvalue weighted by Gasteiger charge is -2.35. The first-order chi connectivity index (χ1) is 12.7. The molecule has 0 bridgehead atoms. The molecule has 1 unspecified atom stereocenters. The van der Waals surface area contributed by atoms with Gasteiger partial charge in [0.2, 0.25) is 0 Å². The zero-order chi connectivity index (χ0) is 18.4. The smallest absolute Gasteiger partial charge is 0.251 e. The molecule has 2 aromatic rings. The highest BCUT2D eigenvalue weighted by molar-refractivity contribution is 6.30. The quantitative estimate of drug-likeness (QED) is 0.813. The van der Waals surface area contributed by atoms with Gasteiger partial charge in [0.15, 0.2) is 0 Å². The Bertz CT molecular complexity index is 733. The molecule has 1 atom stereocenters. The molecule has 1 aromatic heterocycles. The highest BCUT2D eigenvalue weighted by Crippen LogP contribution is 2.23. The number of morpholine rings is 1. The van der Waals surface area contributed by atoms with E-state index in [0.717, 1.165) is 18.7 Å². The lowest BCUT2D eigenvalue weighted by atomic mass is 10.0. The normalized spacial score (nSPS) is 16.1. The van der Waals surface area contributed by atoms with Crippen molar-refractivity contribution in [2.75, 3.05) is 45.2 Å². The van der Waals surface area contributed by atoms with Crippen molar-refractivity contribution in [2.24, 2.45) is 0 Å². The molecule has 2 heterocycles. The number of nitrogens with one attached hydrogen (secondary N) is 2. The maximum absolute atomic E-state index is 12.6. The summed E-state index contributed by atoms with van der Waals surface area (Å²) < 4.78 is 5.46. The Morgan fingerprint density at radius 3 is 2.69 bits per heavy atom. The number of carbonyl (C=O) groups excluding carboxylic acids is 1. The monoisotopic (exact) mass is 374 g/mol. The van der Waals surface area contributed by atoms with Crippen LogP contribution in [0.5, 0.6) is 0 Å². The van der Waals surface area contributed by atoms with Crippen LogP contribution in [-0.4, -0.2) is 55.7 Å². The van der Waals surface area contributed by atoms with Crippen LogP contribution in [-0.2, 0) is 4.74 Å². The van der Waals surface area contributed by atoms with E-state index in [2.05, 4.69) is 20.5 Å². The molecule has 1 fully saturated rings. The second kappa shape index (κ2) is 8.98. The van der Waals surface area contributed by atoms with Gasteiger partial charge in [-0.3, -0.25) is 9.69 Å². The molecule has 0 spiro atoms. The molecule has 138 valence electrons. The molecule has 0 aliphatic carbocycles. The zero-order valence-corrected chi connectivity index (χ0v) is 15.5. The van der Waals surface area contributed by atoms with E-state index < -0.39 is 0 Å². The third-order valence-corrected chi connectivity index (χ3v) is 4.73. The minimum Gasteiger partial charge on any atom is -0.379 e. The average molecular weight is 375 g/mol. The van der Waals surface area contributed by atoms with Crippen molar-refractivity contribution >= 4 is 23.3 Å². The summed E-state index contributed by atoms with van der Waals surface area (Å²) in [6.45, 7) is 3.59. The van der Waals surface area contributed by atoms with Gasteiger partial charge in [0.1, 0.15) is 5.82 Å². The second-order valence-corrected chi connectivity index (χ2v) is 6.54. The minimum atomic E-state index is -0.115. The van der Waals surface area contributed by atoms with E-state index >= 15 is 0 Å². The third-order valence-electron chi connectivity index (χ3n) is 4.48. The lowest BCUT2D eigenvalue weighted by Crippen LogP contribution is -2.43. The molecular formula is C19H23ClN4O2. The van der Waals surface area contributed by atoms with E-state index in [1.165, 1.54) is 0 Å². The number of pyridine rings is 1. The Morgan fingerprint density at radius 2 is 2.00 bits per heavy atom. The molecule has 1 aliphatic heterocycles. The van der Waals surface area contributed by atoms with Gasteiger partial charge in [-0.05, 0) is 29.8 Å². The Hall–Kier alpha value is -2.15. The number of hydrogen-bond acceptors (Lipinski definition) is 5. The number of ether oxygens (including phenoxy) is 1. The highest BCUT2D eigenvalue weighted by Gasteiger charge is 2.23. The molecule has 26 heavy (non-hydrogen) atoms. The van der Waals surface area contributed by atoms with Gasteiger partial charge in [-0.1, -0.05) is 23.7 Å². The summed E-state index contributed by atoms with van der Waals surface area (Å²) in [4.78, 5) is 19.0. The Labute approximate surface area is 158 Å². The molecule has 1 saturated heterocycles. The van der Waals surface area contributed by atoms with E-state index in [1.54, 1.807) is 25.4 Å². The topological polar surface area (TPSA) is 66.5 Å². The molecule has 6 nitrogen and oxygen atoms in total. The molecule has 0 saturated carbocycles. The van der Waals surface area contributed by atoms with Crippen LogP contribution in [0.15, 0.2) is 42.6 Å². The summed E-state index contributed by atoms with van der Waals surface area (Å²) in [7, 11) is 1.78. The molecule has 1 aromatic carbocycles. The van der Waals surface area contributed by atoms with Gasteiger partial charge in [0.25, 0.3) is 5.91 Å². The molecule has 1 amide bonds. The largest absolute Gasteiger partial charge is 0.379 e. The number of aromatic nitrogens is 1. The van der Waals surface area contributed by atoms with Gasteiger partial charge in [-0.25, -0.2) is 4.98 Å². The van der Waals surface area contributed by atoms with Crippen LogP contribution in [0.3, 0.4) is 0 Å². The van der Waals surface area contributed by atoms with E-state index in [4.69, 9.17) is 16.3 Å². The standard InChI is InChI=1S/C19H23ClN4O2/c1-21-18-12-15(6-7-22-18)19(25)23-13-17(24-8-10-26-11-9-24)14-2-4-16(20)5-3-14/h2-7,12,17H,8-11,13H2,1H3,(H,21,22)(H,23,25). The number of benzene rings is 1. The van der Waals surface area contributed by atoms with Crippen LogP contribution in [0, 0.1) is 0 Å². The zero-order valence-electron chi connectivity index (χ0n) is 14.7. The average Bonchev–Trinajstić information content (AvgIpc) is 2.70. The van der Waals surface area contributed by atoms with Crippen LogP contribution in [0.1, 0.15) is 22.0 Å². The molecular weight excluding hydrogens is 352 g/mol. The fourth-order valence-corrected chi connectivity index (χ4v) is 3.16. The van der Waals surface area contributed by atoms with E-state index in [-0.39, 0.29) is 11.9 Å². The summed E-state index contributed by atoms with van der Waals surface area (Å²) in [5.41, 5.74) is 1.71. The van der Waals surface area contributed by atoms with Crippen molar-refractivity contribution in [2.45, 2.75) is 6.04 Å². The second-order valence-electron chi connectivity index (χ2n) is 6.11. The molecule has 1 aliphatic rings. The van der Waals surface area contributed by atoms with Gasteiger partial charge in [0.05, 0.1) is 19.3 Å². The van der Waals surface area contributed by atoms with Crippen LogP contribution in [0.4, 0.5) is 5.82 Å². The predicted molar refractivity (Wildman–Crippen MR) is 103 cm³/mol. The summed E-state index contributed by atoms with van der Waals surface area (Å²) in [5, 5.41) is 6.70. The van der Waals surface area contributed by atoms with Crippen molar-refractivity contribution in [3.8, 4) is 0 Å². The Balaban J connectivity index is 1.72. The molecule has 7 heteroatoms. The number of rotatable bonds is 6. The van der Waals surface area contributed by atoms with Crippen molar-refractivity contribution in [3.63, 3.8) is 0 Å². The first-order valence-electron chi connectivity index (χ1n) is 8.66. The fraction of sp³-hybridized carbons (Fsp3) is 0.368. The van der Waals surface area contributed by atoms with Crippen LogP contribution < -0.4 is 10.6 Å². The van der Waals surface area contributed by atoms with E-state index in [1.807, 2.05) is 24.3 Å². The van der Waals surface area contributed by atoms with Gasteiger partial charge in [0, 0.05) is 43.5 Å². The van der Waals surface area contributed by atoms with Crippen LogP contribution >= 0.6 is 11.6 Å². The number of nitrogens with zero attached hydrogens (tertiary/aromatic N) is 2. The minimum absolute atomic E-state index is 0.0747. The number of hydrogen-bond donors (Lipinski definition) is 2. The SMILES string of the molecule is CNc1cc(C(=O)NCC(c2ccc(Cl)cc2)N2CCOCC2)ccn1. The van der Waals surface area contributed by atoms with Crippen LogP contribution in [0.25, 0.3) is 0 Å². The Kier molecular flexibility index (Phi) is 6.44. The number of amides is 1. The van der Waals surface area contributed by atoms with E-state index in [0.29, 0.717) is 36.2 Å². The van der Waals surface area contributed by atoms with Gasteiger partial charge in [-0.2, -0.15) is 0 Å². The maximum Gasteiger partial charge on any atom is 0.251 e. The molecule has 2 N–H and O–H groups in total. The van der Waals surface area contributed by atoms with Crippen molar-refractivity contribution < 1.29 is 9.53 Å². The first kappa shape index (κ1) is 18.6. The lowest BCUT2D eigenvalue weighted by molar-refractivity contribution is 0.0162. The highest BCUT2D eigenvalue weighted by atomic mass is 35.5. The maximum atomic E-state index is 12.6. The molecule has 0 radical (unpaired) electrons. The summed E-state index contributed by atoms with van der Waals surface area (Å²) in [6.07, 6.45) is 1.62. The fourth-order valence-electron chi connectivity index (χ4n) is 3.03. The number of halogens is 1. The summed E-state index contributed by atoms with van der Waals surface area (Å²) >= 11 is 6.02. The predicted octanol–water partition coefficient (Wildman–Crippen LogP) is 2.58. The number of carbonyl (C=O) groups is 1. The van der Waals surface area contributed by atoms with Crippen molar-refractivity contribution in [3.05, 3.63) is 58.7 Å². The van der Waals surface area contributed by atoms with Crippen LogP contribution in [0.2, 0.25) is 5.02 Å². The van der Waals surface area contributed by atoms with Gasteiger partial charge < -0.3 is 15.4 Å². The van der Waals surface area contributed by atoms with Crippen molar-refractivity contribution in [1.82, 2.24) is 15.2 Å². The first-order valence-corrected chi connectivity index (χ1v) is 9.04. The van der Waals surface area contributed by atoms with Crippen molar-refractivity contribution in [1.29, 1.82) is 0 Å². The summed E-state index contributed by atoms with van der Waals surface area (Å²) in [6, 6.07) is 11.3. The summed E-state index contributed by atoms with van der Waals surface area (Å²) in [5.74, 6) is 0.552.